The highest BCUT2D eigenvalue weighted by atomic mass is 16.2. The summed E-state index contributed by atoms with van der Waals surface area (Å²) in [7, 11) is 3.65. The molecule has 0 saturated carbocycles. The van der Waals surface area contributed by atoms with E-state index in [1.807, 2.05) is 11.9 Å². The van der Waals surface area contributed by atoms with Gasteiger partial charge in [-0.05, 0) is 12.3 Å². The number of carbonyl (C=O) groups excluding carboxylic acids is 1. The highest BCUT2D eigenvalue weighted by Crippen LogP contribution is 2.32. The van der Waals surface area contributed by atoms with Crippen LogP contribution in [0.1, 0.15) is 12.2 Å². The minimum absolute atomic E-state index is 0.0842. The number of hydrogen-bond donors (Lipinski definition) is 1. The summed E-state index contributed by atoms with van der Waals surface area (Å²) in [6.45, 7) is 3.02. The molecule has 1 N–H and O–H groups in total. The number of nitrogens with zero attached hydrogens (tertiary/aromatic N) is 5. The van der Waals surface area contributed by atoms with Gasteiger partial charge in [0.15, 0.2) is 5.65 Å². The first-order valence-electron chi connectivity index (χ1n) is 7.91. The summed E-state index contributed by atoms with van der Waals surface area (Å²) in [4.78, 5) is 35.8. The number of aromatic nitrogens is 4. The minimum Gasteiger partial charge on any atom is -0.345 e. The van der Waals surface area contributed by atoms with E-state index in [1.54, 1.807) is 11.7 Å². The van der Waals surface area contributed by atoms with Gasteiger partial charge in [-0.3, -0.25) is 19.2 Å². The zero-order chi connectivity index (χ0) is 16.1. The number of aryl methyl sites for hydroxylation is 1. The summed E-state index contributed by atoms with van der Waals surface area (Å²) in [5, 5.41) is 4.58. The molecule has 0 aromatic carbocycles. The average Bonchev–Trinajstić information content (AvgIpc) is 3.08. The van der Waals surface area contributed by atoms with Crippen molar-refractivity contribution < 1.29 is 4.79 Å². The van der Waals surface area contributed by atoms with Crippen LogP contribution in [0.2, 0.25) is 0 Å². The van der Waals surface area contributed by atoms with Gasteiger partial charge in [0.2, 0.25) is 5.91 Å². The molecule has 2 aromatic rings. The van der Waals surface area contributed by atoms with E-state index in [9.17, 15) is 9.59 Å². The average molecular weight is 316 g/mol. The van der Waals surface area contributed by atoms with E-state index in [2.05, 4.69) is 20.0 Å². The molecule has 0 spiro atoms. The van der Waals surface area contributed by atoms with Crippen LogP contribution < -0.4 is 5.56 Å². The lowest BCUT2D eigenvalue weighted by Gasteiger charge is -2.30. The van der Waals surface area contributed by atoms with Crippen molar-refractivity contribution in [2.24, 2.45) is 18.9 Å². The highest BCUT2D eigenvalue weighted by Gasteiger charge is 2.41. The molecule has 2 aliphatic rings. The van der Waals surface area contributed by atoms with Crippen molar-refractivity contribution in [2.75, 3.05) is 26.7 Å². The Morgan fingerprint density at radius 2 is 2.13 bits per heavy atom. The van der Waals surface area contributed by atoms with Gasteiger partial charge >= 0.3 is 0 Å². The number of H-pyrrole nitrogens is 1. The Kier molecular flexibility index (Phi) is 3.22. The lowest BCUT2D eigenvalue weighted by atomic mass is 9.88. The lowest BCUT2D eigenvalue weighted by Crippen LogP contribution is -2.42. The van der Waals surface area contributed by atoms with Gasteiger partial charge < -0.3 is 9.88 Å². The normalized spacial score (nSPS) is 25.3. The Labute approximate surface area is 133 Å². The maximum atomic E-state index is 12.3. The Morgan fingerprint density at radius 3 is 2.96 bits per heavy atom. The molecule has 0 unspecified atom stereocenters. The van der Waals surface area contributed by atoms with Crippen molar-refractivity contribution in [3.63, 3.8) is 0 Å². The summed E-state index contributed by atoms with van der Waals surface area (Å²) in [6.07, 6.45) is 2.58. The fourth-order valence-corrected chi connectivity index (χ4v) is 3.78. The molecule has 122 valence electrons. The fourth-order valence-electron chi connectivity index (χ4n) is 3.78. The van der Waals surface area contributed by atoms with Crippen LogP contribution in [0.25, 0.3) is 11.0 Å². The Morgan fingerprint density at radius 1 is 1.30 bits per heavy atom. The van der Waals surface area contributed by atoms with Gasteiger partial charge in [0.05, 0.1) is 18.7 Å². The molecule has 2 atom stereocenters. The van der Waals surface area contributed by atoms with Crippen LogP contribution in [-0.4, -0.2) is 62.1 Å². The van der Waals surface area contributed by atoms with E-state index in [0.29, 0.717) is 29.3 Å². The number of nitrogens with one attached hydrogen (secondary N) is 1. The fraction of sp³-hybridized carbons (Fsp3) is 0.600. The molecule has 2 fully saturated rings. The van der Waals surface area contributed by atoms with E-state index in [4.69, 9.17) is 0 Å². The van der Waals surface area contributed by atoms with Crippen LogP contribution >= 0.6 is 0 Å². The molecule has 2 aliphatic heterocycles. The van der Waals surface area contributed by atoms with Gasteiger partial charge in [-0.25, -0.2) is 4.98 Å². The number of amides is 1. The van der Waals surface area contributed by atoms with E-state index >= 15 is 0 Å². The predicted molar refractivity (Wildman–Crippen MR) is 83.6 cm³/mol. The first kappa shape index (κ1) is 14.4. The highest BCUT2D eigenvalue weighted by molar-refractivity contribution is 5.80. The van der Waals surface area contributed by atoms with Crippen LogP contribution in [0.5, 0.6) is 0 Å². The van der Waals surface area contributed by atoms with Crippen molar-refractivity contribution in [3.05, 3.63) is 22.4 Å². The molecule has 23 heavy (non-hydrogen) atoms. The summed E-state index contributed by atoms with van der Waals surface area (Å²) < 4.78 is 1.61. The largest absolute Gasteiger partial charge is 0.345 e. The third-order valence-corrected chi connectivity index (χ3v) is 5.07. The molecule has 8 heteroatoms. The van der Waals surface area contributed by atoms with E-state index in [-0.39, 0.29) is 17.4 Å². The molecule has 8 nitrogen and oxygen atoms in total. The lowest BCUT2D eigenvalue weighted by molar-refractivity contribution is -0.137. The number of carbonyl (C=O) groups is 1. The quantitative estimate of drug-likeness (QED) is 0.812. The zero-order valence-electron chi connectivity index (χ0n) is 13.3. The standard InChI is InChI=1S/C15H20N6O2/c1-19-4-3-9-6-21(7-11(9)15(19)23)8-12-17-13-10(14(22)18-12)5-16-20(13)2/h5,9,11H,3-4,6-8H2,1-2H3,(H,17,18,22)/t9-,11+/m1/s1. The molecule has 4 rings (SSSR count). The minimum atomic E-state index is -0.162. The topological polar surface area (TPSA) is 87.1 Å². The first-order chi connectivity index (χ1) is 11.0. The second kappa shape index (κ2) is 5.16. The Balaban J connectivity index is 1.56. The number of hydrogen-bond acceptors (Lipinski definition) is 5. The Bertz CT molecular complexity index is 825. The van der Waals surface area contributed by atoms with Crippen LogP contribution in [-0.2, 0) is 18.4 Å². The molecule has 0 radical (unpaired) electrons. The van der Waals surface area contributed by atoms with Gasteiger partial charge in [-0.15, -0.1) is 0 Å². The molecule has 2 saturated heterocycles. The maximum Gasteiger partial charge on any atom is 0.262 e. The smallest absolute Gasteiger partial charge is 0.262 e. The summed E-state index contributed by atoms with van der Waals surface area (Å²) >= 11 is 0. The van der Waals surface area contributed by atoms with E-state index in [1.165, 1.54) is 6.20 Å². The molecule has 0 aliphatic carbocycles. The number of piperidine rings is 1. The van der Waals surface area contributed by atoms with Crippen LogP contribution in [0.15, 0.2) is 11.0 Å². The van der Waals surface area contributed by atoms with Crippen molar-refractivity contribution in [1.29, 1.82) is 0 Å². The van der Waals surface area contributed by atoms with E-state index < -0.39 is 0 Å². The molecule has 4 heterocycles. The third kappa shape index (κ3) is 2.33. The molecular weight excluding hydrogens is 296 g/mol. The second-order valence-corrected chi connectivity index (χ2v) is 6.63. The van der Waals surface area contributed by atoms with E-state index in [0.717, 1.165) is 26.1 Å². The van der Waals surface area contributed by atoms with Gasteiger partial charge in [0.1, 0.15) is 11.2 Å². The number of fused-ring (bicyclic) bond motifs is 2. The SMILES string of the molecule is CN1CC[C@@H]2CN(Cc3nc4c(cnn4C)c(=O)[nH]3)C[C@@H]2C1=O. The number of aromatic amines is 1. The maximum absolute atomic E-state index is 12.3. The van der Waals surface area contributed by atoms with Crippen molar-refractivity contribution in [2.45, 2.75) is 13.0 Å². The van der Waals surface area contributed by atoms with Gasteiger partial charge in [-0.2, -0.15) is 5.10 Å². The molecular formula is C15H20N6O2. The number of likely N-dealkylation sites (tertiary alicyclic amines) is 2. The van der Waals surface area contributed by atoms with Crippen molar-refractivity contribution in [1.82, 2.24) is 29.5 Å². The number of rotatable bonds is 2. The third-order valence-electron chi connectivity index (χ3n) is 5.07. The Hall–Kier alpha value is -2.22. The first-order valence-corrected chi connectivity index (χ1v) is 7.91. The second-order valence-electron chi connectivity index (χ2n) is 6.63. The van der Waals surface area contributed by atoms with Crippen LogP contribution in [0.4, 0.5) is 0 Å². The van der Waals surface area contributed by atoms with Gasteiger partial charge in [-0.1, -0.05) is 0 Å². The van der Waals surface area contributed by atoms with Gasteiger partial charge in [0, 0.05) is 33.7 Å². The molecule has 1 amide bonds. The summed E-state index contributed by atoms with van der Waals surface area (Å²) in [6, 6.07) is 0. The zero-order valence-corrected chi connectivity index (χ0v) is 13.3. The van der Waals surface area contributed by atoms with Crippen LogP contribution in [0.3, 0.4) is 0 Å². The predicted octanol–water partition coefficient (Wildman–Crippen LogP) is -0.433. The van der Waals surface area contributed by atoms with Gasteiger partial charge in [0.25, 0.3) is 5.56 Å². The van der Waals surface area contributed by atoms with Crippen molar-refractivity contribution >= 4 is 16.9 Å². The monoisotopic (exact) mass is 316 g/mol. The summed E-state index contributed by atoms with van der Waals surface area (Å²) in [5.74, 6) is 1.38. The van der Waals surface area contributed by atoms with Crippen LogP contribution in [0, 0.1) is 11.8 Å². The van der Waals surface area contributed by atoms with Crippen molar-refractivity contribution in [3.8, 4) is 0 Å². The molecule has 0 bridgehead atoms. The molecule has 2 aromatic heterocycles. The summed E-state index contributed by atoms with van der Waals surface area (Å²) in [5.41, 5.74) is 0.432.